The van der Waals surface area contributed by atoms with Crippen molar-refractivity contribution in [3.05, 3.63) is 78.4 Å². The maximum absolute atomic E-state index is 9.77. The Morgan fingerprint density at radius 3 is 2.30 bits per heavy atom. The van der Waals surface area contributed by atoms with Gasteiger partial charge in [0.15, 0.2) is 0 Å². The van der Waals surface area contributed by atoms with Crippen LogP contribution in [-0.2, 0) is 4.74 Å². The first kappa shape index (κ1) is 12.6. The van der Waals surface area contributed by atoms with E-state index < -0.39 is 0 Å². The summed E-state index contributed by atoms with van der Waals surface area (Å²) < 4.78 is 5.36. The molecule has 3 rings (SSSR count). The van der Waals surface area contributed by atoms with Crippen molar-refractivity contribution >= 4 is 12.7 Å². The number of allylic oxidation sites excluding steroid dienone is 1. The first-order chi connectivity index (χ1) is 9.83. The van der Waals surface area contributed by atoms with Crippen LogP contribution in [0.25, 0.3) is 11.1 Å². The van der Waals surface area contributed by atoms with Crippen LogP contribution in [0.2, 0.25) is 0 Å². The highest BCUT2D eigenvalue weighted by Crippen LogP contribution is 2.18. The summed E-state index contributed by atoms with van der Waals surface area (Å²) in [6, 6.07) is 18.6. The molecule has 1 aliphatic heterocycles. The molecule has 0 radical (unpaired) electrons. The van der Waals surface area contributed by atoms with Crippen molar-refractivity contribution in [2.75, 3.05) is 0 Å². The average Bonchev–Trinajstić information content (AvgIpc) is 2.51. The van der Waals surface area contributed by atoms with Gasteiger partial charge < -0.3 is 9.84 Å². The van der Waals surface area contributed by atoms with Crippen molar-refractivity contribution in [1.82, 2.24) is 0 Å². The van der Waals surface area contributed by atoms with Crippen LogP contribution >= 0.6 is 0 Å². The highest BCUT2D eigenvalue weighted by atomic mass is 16.5. The summed E-state index contributed by atoms with van der Waals surface area (Å²) in [6.07, 6.45) is 3.99. The minimum absolute atomic E-state index is 0.319. The molecule has 2 aromatic carbocycles. The Hall–Kier alpha value is -2.42. The third-order valence-electron chi connectivity index (χ3n) is 3.37. The molecule has 0 spiro atoms. The van der Waals surface area contributed by atoms with Crippen molar-refractivity contribution in [2.24, 2.45) is 0 Å². The van der Waals surface area contributed by atoms with Gasteiger partial charge in [0.25, 0.3) is 0 Å². The summed E-state index contributed by atoms with van der Waals surface area (Å²) in [7, 11) is 0.616. The summed E-state index contributed by atoms with van der Waals surface area (Å²) in [4.78, 5) is 0. The summed E-state index contributed by atoms with van der Waals surface area (Å²) in [5.74, 6) is 0.319. The van der Waals surface area contributed by atoms with Gasteiger partial charge in [-0.05, 0) is 17.2 Å². The van der Waals surface area contributed by atoms with E-state index in [1.165, 1.54) is 11.1 Å². The molecule has 0 aliphatic carbocycles. The van der Waals surface area contributed by atoms with Gasteiger partial charge in [0, 0.05) is 6.42 Å². The molecule has 20 heavy (non-hydrogen) atoms. The van der Waals surface area contributed by atoms with E-state index in [9.17, 15) is 5.11 Å². The molecule has 1 N–H and O–H groups in total. The first-order valence-electron chi connectivity index (χ1n) is 6.70. The maximum Gasteiger partial charge on any atom is 0.242 e. The fraction of sp³-hybridized carbons (Fsp3) is 0.0588. The van der Waals surface area contributed by atoms with Crippen molar-refractivity contribution in [2.45, 2.75) is 6.42 Å². The fourth-order valence-electron chi connectivity index (χ4n) is 2.25. The summed E-state index contributed by atoms with van der Waals surface area (Å²) >= 11 is 0. The Balaban J connectivity index is 1.77. The monoisotopic (exact) mass is 262 g/mol. The third kappa shape index (κ3) is 2.77. The predicted octanol–water partition coefficient (Wildman–Crippen LogP) is 3.08. The molecule has 1 heterocycles. The minimum atomic E-state index is 0.319. The molecular weight excluding hydrogens is 247 g/mol. The number of rotatable bonds is 3. The Morgan fingerprint density at radius 2 is 1.60 bits per heavy atom. The van der Waals surface area contributed by atoms with E-state index in [1.807, 2.05) is 18.2 Å². The zero-order valence-electron chi connectivity index (χ0n) is 11.1. The van der Waals surface area contributed by atoms with Crippen LogP contribution in [0.3, 0.4) is 0 Å². The highest BCUT2D eigenvalue weighted by molar-refractivity contribution is 6.60. The van der Waals surface area contributed by atoms with Gasteiger partial charge >= 0.3 is 0 Å². The lowest BCUT2D eigenvalue weighted by Gasteiger charge is -2.12. The second-order valence-electron chi connectivity index (χ2n) is 4.80. The van der Waals surface area contributed by atoms with Gasteiger partial charge in [-0.1, -0.05) is 60.1 Å². The zero-order chi connectivity index (χ0) is 13.8. The van der Waals surface area contributed by atoms with Crippen molar-refractivity contribution in [3.8, 4) is 11.1 Å². The second-order valence-corrected chi connectivity index (χ2v) is 4.80. The number of aliphatic hydroxyl groups excluding tert-OH is 1. The molecule has 0 fully saturated rings. The van der Waals surface area contributed by atoms with Crippen LogP contribution in [0.1, 0.15) is 6.42 Å². The predicted molar refractivity (Wildman–Crippen MR) is 83.2 cm³/mol. The molecule has 0 amide bonds. The maximum atomic E-state index is 9.77. The van der Waals surface area contributed by atoms with E-state index in [2.05, 4.69) is 36.4 Å². The van der Waals surface area contributed by atoms with Gasteiger partial charge in [0.2, 0.25) is 7.28 Å². The summed E-state index contributed by atoms with van der Waals surface area (Å²) in [5, 5.41) is 9.77. The number of aliphatic hydroxyl groups is 1. The van der Waals surface area contributed by atoms with Crippen LogP contribution < -0.4 is 5.46 Å². The van der Waals surface area contributed by atoms with Gasteiger partial charge in [-0.15, -0.1) is 0 Å². The number of hydrogen-bond donors (Lipinski definition) is 1. The van der Waals surface area contributed by atoms with Crippen LogP contribution in [0.4, 0.5) is 0 Å². The van der Waals surface area contributed by atoms with E-state index in [0.29, 0.717) is 25.1 Å². The molecule has 98 valence electrons. The quantitative estimate of drug-likeness (QED) is 0.861. The molecule has 0 bridgehead atoms. The Labute approximate surface area is 119 Å². The standard InChI is InChI=1S/C17H15BO2/c19-16-7-4-12-20-17(16)18-15-10-8-14(9-11-15)13-5-2-1-3-6-13/h1-6,8-12,18-19H,7H2. The SMILES string of the molecule is OC1=C(Bc2ccc(-c3ccccc3)cc2)OC=CC1. The molecule has 2 nitrogen and oxygen atoms in total. The highest BCUT2D eigenvalue weighted by Gasteiger charge is 2.12. The van der Waals surface area contributed by atoms with Gasteiger partial charge in [-0.3, -0.25) is 0 Å². The number of ether oxygens (including phenoxy) is 1. The zero-order valence-corrected chi connectivity index (χ0v) is 11.1. The van der Waals surface area contributed by atoms with Crippen LogP contribution in [-0.4, -0.2) is 12.4 Å². The van der Waals surface area contributed by atoms with E-state index in [4.69, 9.17) is 4.74 Å². The summed E-state index contributed by atoms with van der Waals surface area (Å²) in [6.45, 7) is 0. The normalized spacial score (nSPS) is 14.0. The number of benzene rings is 2. The molecule has 0 saturated heterocycles. The molecule has 0 atom stereocenters. The lowest BCUT2D eigenvalue weighted by atomic mass is 9.67. The molecule has 0 saturated carbocycles. The van der Waals surface area contributed by atoms with Crippen LogP contribution in [0.5, 0.6) is 0 Å². The van der Waals surface area contributed by atoms with E-state index >= 15 is 0 Å². The van der Waals surface area contributed by atoms with Crippen molar-refractivity contribution < 1.29 is 9.84 Å². The minimum Gasteiger partial charge on any atom is -0.509 e. The molecule has 1 aliphatic rings. The van der Waals surface area contributed by atoms with Crippen molar-refractivity contribution in [3.63, 3.8) is 0 Å². The van der Waals surface area contributed by atoms with Gasteiger partial charge in [0.05, 0.1) is 6.26 Å². The molecule has 0 unspecified atom stereocenters. The molecule has 2 aromatic rings. The average molecular weight is 262 g/mol. The number of hydrogen-bond acceptors (Lipinski definition) is 2. The second kappa shape index (κ2) is 5.70. The third-order valence-corrected chi connectivity index (χ3v) is 3.37. The molecule has 3 heteroatoms. The Bertz CT molecular complexity index is 642. The Morgan fingerprint density at radius 1 is 0.900 bits per heavy atom. The first-order valence-corrected chi connectivity index (χ1v) is 6.70. The largest absolute Gasteiger partial charge is 0.509 e. The van der Waals surface area contributed by atoms with Gasteiger partial charge in [-0.2, -0.15) is 0 Å². The fourth-order valence-corrected chi connectivity index (χ4v) is 2.25. The lowest BCUT2D eigenvalue weighted by molar-refractivity contribution is 0.301. The van der Waals surface area contributed by atoms with E-state index in [0.717, 1.165) is 5.46 Å². The van der Waals surface area contributed by atoms with Crippen molar-refractivity contribution in [1.29, 1.82) is 0 Å². The van der Waals surface area contributed by atoms with Crippen LogP contribution in [0, 0.1) is 0 Å². The summed E-state index contributed by atoms with van der Waals surface area (Å²) in [5.41, 5.74) is 4.16. The van der Waals surface area contributed by atoms with Crippen LogP contribution in [0.15, 0.2) is 78.4 Å². The van der Waals surface area contributed by atoms with E-state index in [1.54, 1.807) is 12.3 Å². The smallest absolute Gasteiger partial charge is 0.242 e. The van der Waals surface area contributed by atoms with Gasteiger partial charge in [0.1, 0.15) is 11.4 Å². The lowest BCUT2D eigenvalue weighted by Crippen LogP contribution is -2.19. The molecule has 0 aromatic heterocycles. The van der Waals surface area contributed by atoms with Gasteiger partial charge in [-0.25, -0.2) is 0 Å². The van der Waals surface area contributed by atoms with E-state index in [-0.39, 0.29) is 0 Å². The Kier molecular flexibility index (Phi) is 3.59. The topological polar surface area (TPSA) is 29.5 Å². The molecular formula is C17H15BO2.